The van der Waals surface area contributed by atoms with Gasteiger partial charge in [-0.2, -0.15) is 0 Å². The number of rotatable bonds is 2. The van der Waals surface area contributed by atoms with Gasteiger partial charge < -0.3 is 5.11 Å². The van der Waals surface area contributed by atoms with Crippen LogP contribution in [0.3, 0.4) is 0 Å². The molecule has 3 heteroatoms. The molecule has 74 valence electrons. The molecule has 1 rings (SSSR count). The van der Waals surface area contributed by atoms with Crippen LogP contribution in [-0.4, -0.2) is 11.4 Å². The number of hydrogen-bond acceptors (Lipinski definition) is 3. The Morgan fingerprint density at radius 3 is 2.50 bits per heavy atom. The fourth-order valence-electron chi connectivity index (χ4n) is 1.24. The summed E-state index contributed by atoms with van der Waals surface area (Å²) >= 11 is 0. The first-order chi connectivity index (χ1) is 6.57. The van der Waals surface area contributed by atoms with E-state index >= 15 is 0 Å². The molecule has 0 atom stereocenters. The van der Waals surface area contributed by atoms with E-state index in [9.17, 15) is 14.7 Å². The number of carbonyl (C=O) groups is 1. The van der Waals surface area contributed by atoms with Gasteiger partial charge in [-0.05, 0) is 12.0 Å². The number of aromatic hydroxyl groups is 1. The van der Waals surface area contributed by atoms with E-state index in [1.165, 1.54) is 6.07 Å². The highest BCUT2D eigenvalue weighted by Gasteiger charge is 2.09. The van der Waals surface area contributed by atoms with Crippen LogP contribution in [0.2, 0.25) is 0 Å². The van der Waals surface area contributed by atoms with Crippen molar-refractivity contribution < 1.29 is 9.90 Å². The summed E-state index contributed by atoms with van der Waals surface area (Å²) in [6.45, 7) is 3.74. The predicted octanol–water partition coefficient (Wildman–Crippen LogP) is 1.69. The third-order valence-electron chi connectivity index (χ3n) is 2.05. The minimum atomic E-state index is -0.603. The zero-order chi connectivity index (χ0) is 10.7. The molecule has 0 aromatic heterocycles. The van der Waals surface area contributed by atoms with Crippen molar-refractivity contribution in [2.45, 2.75) is 19.8 Å². The normalized spacial score (nSPS) is 10.2. The maximum atomic E-state index is 11.4. The van der Waals surface area contributed by atoms with Crippen molar-refractivity contribution >= 4 is 6.29 Å². The van der Waals surface area contributed by atoms with Gasteiger partial charge in [0.25, 0.3) is 0 Å². The van der Waals surface area contributed by atoms with E-state index in [0.29, 0.717) is 11.8 Å². The standard InChI is InChI=1S/C11H12O3/c1-7(2)9-5-3-4-8(6-12)10(13)11(9)14/h3-7H,1-2H3,(H,13,14). The van der Waals surface area contributed by atoms with Crippen LogP contribution in [0, 0.1) is 0 Å². The summed E-state index contributed by atoms with van der Waals surface area (Å²) < 4.78 is 0. The molecule has 1 aromatic carbocycles. The molecule has 0 amide bonds. The van der Waals surface area contributed by atoms with Gasteiger partial charge in [-0.1, -0.05) is 26.0 Å². The molecule has 0 aliphatic rings. The first-order valence-corrected chi connectivity index (χ1v) is 4.39. The lowest BCUT2D eigenvalue weighted by Crippen LogP contribution is -2.05. The van der Waals surface area contributed by atoms with Crippen LogP contribution >= 0.6 is 0 Å². The van der Waals surface area contributed by atoms with Crippen molar-refractivity contribution in [1.82, 2.24) is 0 Å². The zero-order valence-electron chi connectivity index (χ0n) is 8.15. The molecular formula is C11H12O3. The fraction of sp³-hybridized carbons (Fsp3) is 0.273. The SMILES string of the molecule is CC(C)c1cccc(C=O)c(=O)c1O. The van der Waals surface area contributed by atoms with E-state index in [1.807, 2.05) is 13.8 Å². The van der Waals surface area contributed by atoms with Crippen LogP contribution in [-0.2, 0) is 0 Å². The highest BCUT2D eigenvalue weighted by molar-refractivity contribution is 5.75. The van der Waals surface area contributed by atoms with E-state index < -0.39 is 5.43 Å². The summed E-state index contributed by atoms with van der Waals surface area (Å²) in [5.41, 5.74) is -0.0637. The second kappa shape index (κ2) is 4.05. The average molecular weight is 192 g/mol. The Kier molecular flexibility index (Phi) is 3.02. The third kappa shape index (κ3) is 1.82. The summed E-state index contributed by atoms with van der Waals surface area (Å²) in [4.78, 5) is 21.9. The first-order valence-electron chi connectivity index (χ1n) is 4.39. The molecule has 1 N–H and O–H groups in total. The smallest absolute Gasteiger partial charge is 0.230 e. The van der Waals surface area contributed by atoms with Crippen molar-refractivity contribution in [3.05, 3.63) is 39.5 Å². The fourth-order valence-corrected chi connectivity index (χ4v) is 1.24. The predicted molar refractivity (Wildman–Crippen MR) is 53.9 cm³/mol. The van der Waals surface area contributed by atoms with Crippen LogP contribution < -0.4 is 5.43 Å². The minimum absolute atomic E-state index is 0.0191. The third-order valence-corrected chi connectivity index (χ3v) is 2.05. The van der Waals surface area contributed by atoms with Gasteiger partial charge in [-0.3, -0.25) is 9.59 Å². The van der Waals surface area contributed by atoms with Crippen molar-refractivity contribution in [3.63, 3.8) is 0 Å². The van der Waals surface area contributed by atoms with E-state index in [4.69, 9.17) is 0 Å². The molecule has 0 fully saturated rings. The number of hydrogen-bond donors (Lipinski definition) is 1. The lowest BCUT2D eigenvalue weighted by atomic mass is 10.0. The van der Waals surface area contributed by atoms with E-state index in [0.717, 1.165) is 0 Å². The average Bonchev–Trinajstić information content (AvgIpc) is 2.28. The molecule has 1 aromatic rings. The van der Waals surface area contributed by atoms with Crippen LogP contribution in [0.15, 0.2) is 23.0 Å². The Morgan fingerprint density at radius 2 is 2.00 bits per heavy atom. The highest BCUT2D eigenvalue weighted by Crippen LogP contribution is 2.20. The van der Waals surface area contributed by atoms with Gasteiger partial charge in [-0.25, -0.2) is 0 Å². The summed E-state index contributed by atoms with van der Waals surface area (Å²) in [7, 11) is 0. The van der Waals surface area contributed by atoms with Crippen LogP contribution in [0.1, 0.15) is 35.7 Å². The molecule has 3 nitrogen and oxygen atoms in total. The van der Waals surface area contributed by atoms with Gasteiger partial charge >= 0.3 is 0 Å². The molecule has 0 bridgehead atoms. The van der Waals surface area contributed by atoms with E-state index in [2.05, 4.69) is 0 Å². The maximum absolute atomic E-state index is 11.4. The van der Waals surface area contributed by atoms with Crippen molar-refractivity contribution in [3.8, 4) is 5.75 Å². The number of carbonyl (C=O) groups excluding carboxylic acids is 1. The minimum Gasteiger partial charge on any atom is -0.504 e. The van der Waals surface area contributed by atoms with Crippen LogP contribution in [0.25, 0.3) is 0 Å². The Morgan fingerprint density at radius 1 is 1.36 bits per heavy atom. The molecule has 0 radical (unpaired) electrons. The Balaban J connectivity index is 3.56. The molecule has 0 unspecified atom stereocenters. The quantitative estimate of drug-likeness (QED) is 0.725. The van der Waals surface area contributed by atoms with Gasteiger partial charge in [0.2, 0.25) is 5.43 Å². The molecule has 0 aliphatic heterocycles. The van der Waals surface area contributed by atoms with Crippen LogP contribution in [0.5, 0.6) is 5.75 Å². The molecule has 0 saturated heterocycles. The summed E-state index contributed by atoms with van der Waals surface area (Å²) in [6.07, 6.45) is 0.451. The molecule has 0 heterocycles. The van der Waals surface area contributed by atoms with Gasteiger partial charge in [0.05, 0.1) is 5.56 Å². The first kappa shape index (κ1) is 10.4. The Labute approximate surface area is 82.0 Å². The molecule has 0 spiro atoms. The van der Waals surface area contributed by atoms with E-state index in [1.54, 1.807) is 12.1 Å². The second-order valence-corrected chi connectivity index (χ2v) is 3.39. The zero-order valence-corrected chi connectivity index (χ0v) is 8.15. The van der Waals surface area contributed by atoms with Crippen molar-refractivity contribution in [1.29, 1.82) is 0 Å². The van der Waals surface area contributed by atoms with E-state index in [-0.39, 0.29) is 17.2 Å². The lowest BCUT2D eigenvalue weighted by Gasteiger charge is -2.02. The Bertz CT molecular complexity index is 408. The molecule has 14 heavy (non-hydrogen) atoms. The lowest BCUT2D eigenvalue weighted by molar-refractivity contribution is 0.112. The van der Waals surface area contributed by atoms with Gasteiger partial charge in [0, 0.05) is 5.56 Å². The summed E-state index contributed by atoms with van der Waals surface area (Å²) in [5, 5.41) is 9.57. The van der Waals surface area contributed by atoms with Gasteiger partial charge in [0.1, 0.15) is 0 Å². The highest BCUT2D eigenvalue weighted by atomic mass is 16.3. The largest absolute Gasteiger partial charge is 0.504 e. The molecule has 0 saturated carbocycles. The number of aldehydes is 1. The van der Waals surface area contributed by atoms with Gasteiger partial charge in [-0.15, -0.1) is 0 Å². The molecular weight excluding hydrogens is 180 g/mol. The summed E-state index contributed by atoms with van der Waals surface area (Å²) in [5.74, 6) is -0.276. The van der Waals surface area contributed by atoms with Crippen molar-refractivity contribution in [2.75, 3.05) is 0 Å². The second-order valence-electron chi connectivity index (χ2n) is 3.39. The van der Waals surface area contributed by atoms with Crippen LogP contribution in [0.4, 0.5) is 0 Å². The van der Waals surface area contributed by atoms with Crippen molar-refractivity contribution in [2.24, 2.45) is 0 Å². The molecule has 0 aliphatic carbocycles. The Hall–Kier alpha value is -1.64. The van der Waals surface area contributed by atoms with Gasteiger partial charge in [0.15, 0.2) is 12.0 Å². The topological polar surface area (TPSA) is 54.4 Å². The summed E-state index contributed by atoms with van der Waals surface area (Å²) in [6, 6.07) is 4.65. The monoisotopic (exact) mass is 192 g/mol. The maximum Gasteiger partial charge on any atom is 0.230 e.